The van der Waals surface area contributed by atoms with Crippen molar-refractivity contribution in [3.05, 3.63) is 29.3 Å². The molecule has 1 aliphatic heterocycles. The van der Waals surface area contributed by atoms with E-state index >= 15 is 0 Å². The number of nitrogens with zero attached hydrogens (tertiary/aromatic N) is 2. The van der Waals surface area contributed by atoms with Gasteiger partial charge in [0.1, 0.15) is 0 Å². The van der Waals surface area contributed by atoms with Gasteiger partial charge >= 0.3 is 10.2 Å². The maximum Gasteiger partial charge on any atom is 0.342 e. The third kappa shape index (κ3) is 2.72. The molecule has 1 heterocycles. The highest BCUT2D eigenvalue weighted by Crippen LogP contribution is 2.38. The average Bonchev–Trinajstić information content (AvgIpc) is 2.38. The Morgan fingerprint density at radius 2 is 1.83 bits per heavy atom. The van der Waals surface area contributed by atoms with Crippen LogP contribution in [0.4, 0.5) is 5.69 Å². The van der Waals surface area contributed by atoms with Crippen LogP contribution in [-0.4, -0.2) is 38.8 Å². The van der Waals surface area contributed by atoms with Gasteiger partial charge in [0, 0.05) is 6.04 Å². The van der Waals surface area contributed by atoms with E-state index in [-0.39, 0.29) is 23.4 Å². The molecule has 0 unspecified atom stereocenters. The molecule has 1 aliphatic rings. The van der Waals surface area contributed by atoms with Gasteiger partial charge in [-0.25, -0.2) is 12.7 Å². The van der Waals surface area contributed by atoms with E-state index in [1.807, 2.05) is 0 Å². The van der Waals surface area contributed by atoms with E-state index < -0.39 is 32.2 Å². The van der Waals surface area contributed by atoms with Crippen molar-refractivity contribution in [1.82, 2.24) is 4.31 Å². The van der Waals surface area contributed by atoms with E-state index in [0.717, 1.165) is 0 Å². The highest BCUT2D eigenvalue weighted by Gasteiger charge is 2.48. The molecule has 9 heteroatoms. The lowest BCUT2D eigenvalue weighted by molar-refractivity contribution is 0.0833. The minimum atomic E-state index is -4.50. The lowest BCUT2D eigenvalue weighted by Crippen LogP contribution is -2.56. The molecular weight excluding hydrogens is 340 g/mol. The van der Waals surface area contributed by atoms with E-state index in [4.69, 9.17) is 0 Å². The van der Waals surface area contributed by atoms with Gasteiger partial charge in [-0.05, 0) is 38.8 Å². The molecular formula is C14H20N2O5S2. The monoisotopic (exact) mass is 360 g/mol. The number of fused-ring (bicyclic) bond motifs is 1. The summed E-state index contributed by atoms with van der Waals surface area (Å²) in [4.78, 5) is 12.6. The second kappa shape index (κ2) is 5.79. The third-order valence-electron chi connectivity index (χ3n) is 3.49. The minimum absolute atomic E-state index is 0.0668. The fourth-order valence-electron chi connectivity index (χ4n) is 2.62. The van der Waals surface area contributed by atoms with Gasteiger partial charge in [0.2, 0.25) is 10.0 Å². The topological polar surface area (TPSA) is 91.8 Å². The summed E-state index contributed by atoms with van der Waals surface area (Å²) in [6, 6.07) is 3.94. The van der Waals surface area contributed by atoms with Crippen LogP contribution in [0.3, 0.4) is 0 Å². The summed E-state index contributed by atoms with van der Waals surface area (Å²) in [7, 11) is -8.61. The zero-order valence-corrected chi connectivity index (χ0v) is 15.1. The Bertz CT molecular complexity index is 844. The Balaban J connectivity index is 2.88. The van der Waals surface area contributed by atoms with Crippen LogP contribution in [0.25, 0.3) is 0 Å². The molecule has 7 nitrogen and oxygen atoms in total. The van der Waals surface area contributed by atoms with E-state index in [9.17, 15) is 21.6 Å². The smallest absolute Gasteiger partial charge is 0.268 e. The molecule has 0 radical (unpaired) electrons. The average molecular weight is 360 g/mol. The van der Waals surface area contributed by atoms with E-state index in [0.29, 0.717) is 13.6 Å². The molecule has 128 valence electrons. The quantitative estimate of drug-likeness (QED) is 0.814. The summed E-state index contributed by atoms with van der Waals surface area (Å²) in [5, 5.41) is 0. The van der Waals surface area contributed by atoms with Crippen molar-refractivity contribution < 1.29 is 21.6 Å². The molecule has 2 rings (SSSR count). The summed E-state index contributed by atoms with van der Waals surface area (Å²) in [5.74, 6) is -1.03. The first-order valence-electron chi connectivity index (χ1n) is 7.27. The summed E-state index contributed by atoms with van der Waals surface area (Å²) < 4.78 is 52.0. The number of carbonyl (C=O) groups is 1. The van der Waals surface area contributed by atoms with Gasteiger partial charge in [0.15, 0.2) is 0 Å². The predicted molar refractivity (Wildman–Crippen MR) is 88.0 cm³/mol. The van der Waals surface area contributed by atoms with Gasteiger partial charge < -0.3 is 0 Å². The van der Waals surface area contributed by atoms with Crippen molar-refractivity contribution in [2.24, 2.45) is 0 Å². The summed E-state index contributed by atoms with van der Waals surface area (Å²) in [6.45, 7) is 6.29. The van der Waals surface area contributed by atoms with Crippen molar-refractivity contribution in [3.63, 3.8) is 0 Å². The largest absolute Gasteiger partial charge is 0.342 e. The molecule has 0 atom stereocenters. The minimum Gasteiger partial charge on any atom is -0.268 e. The van der Waals surface area contributed by atoms with Crippen molar-refractivity contribution in [2.45, 2.75) is 40.2 Å². The molecule has 0 aliphatic carbocycles. The number of benzene rings is 1. The standard InChI is InChI=1S/C14H20N2O5S2/c1-5-9-22(18,19)16-13-11(4)7-6-8-12(13)14(17)15(10(2)3)23(16,20)21/h6-8,10H,5,9H2,1-4H3. The molecule has 0 saturated heterocycles. The molecule has 0 fully saturated rings. The van der Waals surface area contributed by atoms with Crippen LogP contribution < -0.4 is 3.71 Å². The van der Waals surface area contributed by atoms with Gasteiger partial charge in [-0.1, -0.05) is 19.1 Å². The molecule has 23 heavy (non-hydrogen) atoms. The number of sulfonamides is 1. The Hall–Kier alpha value is -1.61. The van der Waals surface area contributed by atoms with Crippen molar-refractivity contribution >= 4 is 31.8 Å². The second-order valence-corrected chi connectivity index (χ2v) is 9.51. The summed E-state index contributed by atoms with van der Waals surface area (Å²) in [5.41, 5.74) is 0.429. The van der Waals surface area contributed by atoms with Crippen LogP contribution in [0.1, 0.15) is 43.1 Å². The van der Waals surface area contributed by atoms with Gasteiger partial charge in [0.25, 0.3) is 5.91 Å². The van der Waals surface area contributed by atoms with E-state index in [2.05, 4.69) is 0 Å². The number of carbonyl (C=O) groups excluding carboxylic acids is 1. The first kappa shape index (κ1) is 17.7. The molecule has 1 aromatic rings. The van der Waals surface area contributed by atoms with Crippen molar-refractivity contribution in [1.29, 1.82) is 0 Å². The van der Waals surface area contributed by atoms with E-state index in [1.54, 1.807) is 26.0 Å². The zero-order chi connectivity index (χ0) is 17.6. The van der Waals surface area contributed by atoms with Crippen LogP contribution in [0.15, 0.2) is 18.2 Å². The number of aryl methyl sites for hydroxylation is 1. The normalized spacial score (nSPS) is 17.5. The molecule has 1 amide bonds. The number of rotatable bonds is 4. The zero-order valence-electron chi connectivity index (χ0n) is 13.5. The lowest BCUT2D eigenvalue weighted by atomic mass is 10.1. The Morgan fingerprint density at radius 1 is 1.22 bits per heavy atom. The van der Waals surface area contributed by atoms with Gasteiger partial charge in [-0.15, -0.1) is 3.71 Å². The SMILES string of the molecule is CCCS(=O)(=O)N1c2c(C)cccc2C(=O)N(C(C)C)S1(=O)=O. The lowest BCUT2D eigenvalue weighted by Gasteiger charge is -2.38. The van der Waals surface area contributed by atoms with E-state index in [1.165, 1.54) is 19.9 Å². The molecule has 0 bridgehead atoms. The fraction of sp³-hybridized carbons (Fsp3) is 0.500. The van der Waals surface area contributed by atoms with Crippen LogP contribution in [-0.2, 0) is 20.2 Å². The van der Waals surface area contributed by atoms with Gasteiger partial charge in [-0.3, -0.25) is 4.79 Å². The molecule has 0 spiro atoms. The van der Waals surface area contributed by atoms with Crippen LogP contribution >= 0.6 is 0 Å². The molecule has 0 N–H and O–H groups in total. The van der Waals surface area contributed by atoms with Gasteiger partial charge in [0.05, 0.1) is 17.0 Å². The second-order valence-electron chi connectivity index (χ2n) is 5.69. The highest BCUT2D eigenvalue weighted by atomic mass is 32.3. The number of anilines is 1. The fourth-order valence-corrected chi connectivity index (χ4v) is 6.88. The van der Waals surface area contributed by atoms with Gasteiger partial charge in [-0.2, -0.15) is 8.42 Å². The summed E-state index contributed by atoms with van der Waals surface area (Å²) >= 11 is 0. The predicted octanol–water partition coefficient (Wildman–Crippen LogP) is 1.65. The van der Waals surface area contributed by atoms with Crippen molar-refractivity contribution in [2.75, 3.05) is 9.46 Å². The third-order valence-corrected chi connectivity index (χ3v) is 8.04. The number of para-hydroxylation sites is 1. The Kier molecular flexibility index (Phi) is 4.46. The summed E-state index contributed by atoms with van der Waals surface area (Å²) in [6.07, 6.45) is 0.269. The Morgan fingerprint density at radius 3 is 2.35 bits per heavy atom. The number of amides is 1. The maximum atomic E-state index is 12.9. The molecule has 1 aromatic carbocycles. The van der Waals surface area contributed by atoms with Crippen LogP contribution in [0.5, 0.6) is 0 Å². The van der Waals surface area contributed by atoms with Crippen LogP contribution in [0, 0.1) is 6.92 Å². The first-order valence-corrected chi connectivity index (χ1v) is 10.3. The molecule has 0 saturated carbocycles. The highest BCUT2D eigenvalue weighted by molar-refractivity contribution is 8.09. The van der Waals surface area contributed by atoms with Crippen LogP contribution in [0.2, 0.25) is 0 Å². The molecule has 0 aromatic heterocycles. The Labute approximate surface area is 137 Å². The maximum absolute atomic E-state index is 12.9. The number of hydrogen-bond acceptors (Lipinski definition) is 5. The number of hydrogen-bond donors (Lipinski definition) is 0. The first-order chi connectivity index (χ1) is 10.6. The van der Waals surface area contributed by atoms with Crippen molar-refractivity contribution in [3.8, 4) is 0 Å².